The van der Waals surface area contributed by atoms with Crippen LogP contribution in [-0.4, -0.2) is 48.9 Å². The predicted octanol–water partition coefficient (Wildman–Crippen LogP) is 2.91. The standard InChI is InChI=1S/C15H18ClN3OS/c1-18(2)10-5-6-19(8-10)15(20)14-13(17)11-4-3-9(16)7-12(11)21-14/h3-4,7,10H,5-6,8,17H2,1-2H3. The van der Waals surface area contributed by atoms with Crippen molar-refractivity contribution in [3.63, 3.8) is 0 Å². The summed E-state index contributed by atoms with van der Waals surface area (Å²) >= 11 is 7.43. The Bertz CT molecular complexity index is 698. The zero-order valence-electron chi connectivity index (χ0n) is 12.1. The molecule has 1 aliphatic heterocycles. The number of amides is 1. The summed E-state index contributed by atoms with van der Waals surface area (Å²) < 4.78 is 0.965. The molecule has 1 atom stereocenters. The number of nitrogen functional groups attached to an aromatic ring is 1. The molecule has 1 aromatic heterocycles. The molecule has 112 valence electrons. The lowest BCUT2D eigenvalue weighted by Crippen LogP contribution is -2.34. The van der Waals surface area contributed by atoms with E-state index in [9.17, 15) is 4.79 Å². The highest BCUT2D eigenvalue weighted by molar-refractivity contribution is 7.21. The van der Waals surface area contributed by atoms with Crippen molar-refractivity contribution in [1.82, 2.24) is 9.80 Å². The van der Waals surface area contributed by atoms with Crippen LogP contribution in [0.25, 0.3) is 10.1 Å². The van der Waals surface area contributed by atoms with Crippen LogP contribution in [0.2, 0.25) is 5.02 Å². The van der Waals surface area contributed by atoms with Crippen LogP contribution < -0.4 is 5.73 Å². The van der Waals surface area contributed by atoms with Gasteiger partial charge >= 0.3 is 0 Å². The predicted molar refractivity (Wildman–Crippen MR) is 89.2 cm³/mol. The monoisotopic (exact) mass is 323 g/mol. The van der Waals surface area contributed by atoms with Gasteiger partial charge < -0.3 is 15.5 Å². The molecule has 2 aromatic rings. The maximum atomic E-state index is 12.7. The van der Waals surface area contributed by atoms with Crippen molar-refractivity contribution in [2.45, 2.75) is 12.5 Å². The molecule has 0 spiro atoms. The lowest BCUT2D eigenvalue weighted by Gasteiger charge is -2.20. The van der Waals surface area contributed by atoms with Crippen LogP contribution in [-0.2, 0) is 0 Å². The molecule has 4 nitrogen and oxygen atoms in total. The zero-order chi connectivity index (χ0) is 15.1. The van der Waals surface area contributed by atoms with E-state index in [1.165, 1.54) is 11.3 Å². The van der Waals surface area contributed by atoms with E-state index in [2.05, 4.69) is 19.0 Å². The molecule has 0 bridgehead atoms. The number of nitrogens with zero attached hydrogens (tertiary/aromatic N) is 2. The lowest BCUT2D eigenvalue weighted by atomic mass is 10.2. The van der Waals surface area contributed by atoms with E-state index in [0.717, 1.165) is 29.6 Å². The van der Waals surface area contributed by atoms with Crippen LogP contribution in [0.4, 0.5) is 5.69 Å². The molecule has 0 aliphatic carbocycles. The lowest BCUT2D eigenvalue weighted by molar-refractivity contribution is 0.0789. The van der Waals surface area contributed by atoms with Crippen molar-refractivity contribution < 1.29 is 4.79 Å². The Morgan fingerprint density at radius 2 is 2.24 bits per heavy atom. The van der Waals surface area contributed by atoms with Crippen LogP contribution in [0, 0.1) is 0 Å². The van der Waals surface area contributed by atoms with E-state index in [1.807, 2.05) is 17.0 Å². The Hall–Kier alpha value is -1.30. The van der Waals surface area contributed by atoms with Crippen LogP contribution in [0.1, 0.15) is 16.1 Å². The molecule has 1 fully saturated rings. The largest absolute Gasteiger partial charge is 0.397 e. The second-order valence-electron chi connectivity index (χ2n) is 5.64. The number of benzene rings is 1. The fourth-order valence-electron chi connectivity index (χ4n) is 2.74. The Balaban J connectivity index is 1.90. The molecular formula is C15H18ClN3OS. The van der Waals surface area contributed by atoms with Gasteiger partial charge in [0.05, 0.1) is 5.69 Å². The normalized spacial score (nSPS) is 18.9. The fraction of sp³-hybridized carbons (Fsp3) is 0.400. The summed E-state index contributed by atoms with van der Waals surface area (Å²) in [7, 11) is 4.10. The number of nitrogens with two attached hydrogens (primary N) is 1. The number of rotatable bonds is 2. The van der Waals surface area contributed by atoms with Crippen LogP contribution in [0.3, 0.4) is 0 Å². The van der Waals surface area contributed by atoms with Crippen LogP contribution in [0.5, 0.6) is 0 Å². The van der Waals surface area contributed by atoms with Gasteiger partial charge in [0.1, 0.15) is 4.88 Å². The molecule has 21 heavy (non-hydrogen) atoms. The Morgan fingerprint density at radius 1 is 1.48 bits per heavy atom. The molecule has 3 rings (SSSR count). The quantitative estimate of drug-likeness (QED) is 0.924. The van der Waals surface area contributed by atoms with Gasteiger partial charge in [-0.05, 0) is 38.7 Å². The van der Waals surface area contributed by atoms with Crippen molar-refractivity contribution in [2.24, 2.45) is 0 Å². The summed E-state index contributed by atoms with van der Waals surface area (Å²) in [6.07, 6.45) is 1.01. The summed E-state index contributed by atoms with van der Waals surface area (Å²) in [6.45, 7) is 1.55. The molecule has 1 saturated heterocycles. The number of carbonyl (C=O) groups is 1. The molecule has 1 aromatic carbocycles. The molecule has 6 heteroatoms. The van der Waals surface area contributed by atoms with E-state index in [-0.39, 0.29) is 5.91 Å². The summed E-state index contributed by atoms with van der Waals surface area (Å²) in [5, 5.41) is 1.58. The number of carbonyl (C=O) groups excluding carboxylic acids is 1. The van der Waals surface area contributed by atoms with Crippen molar-refractivity contribution in [1.29, 1.82) is 0 Å². The molecule has 2 N–H and O–H groups in total. The number of likely N-dealkylation sites (N-methyl/N-ethyl adjacent to an activating group) is 1. The number of anilines is 1. The van der Waals surface area contributed by atoms with Crippen molar-refractivity contribution in [2.75, 3.05) is 32.9 Å². The van der Waals surface area contributed by atoms with E-state index >= 15 is 0 Å². The number of hydrogen-bond acceptors (Lipinski definition) is 4. The highest BCUT2D eigenvalue weighted by atomic mass is 35.5. The molecule has 1 aliphatic rings. The molecular weight excluding hydrogens is 306 g/mol. The average Bonchev–Trinajstić information content (AvgIpc) is 3.03. The smallest absolute Gasteiger partial charge is 0.266 e. The number of likely N-dealkylation sites (tertiary alicyclic amines) is 1. The van der Waals surface area contributed by atoms with Crippen molar-refractivity contribution in [3.05, 3.63) is 28.1 Å². The third-order valence-electron chi connectivity index (χ3n) is 4.07. The first-order valence-electron chi connectivity index (χ1n) is 6.90. The molecule has 1 unspecified atom stereocenters. The van der Waals surface area contributed by atoms with Crippen molar-refractivity contribution >= 4 is 44.6 Å². The van der Waals surface area contributed by atoms with Gasteiger partial charge in [0.15, 0.2) is 0 Å². The molecule has 2 heterocycles. The SMILES string of the molecule is CN(C)C1CCN(C(=O)c2sc3cc(Cl)ccc3c2N)C1. The Kier molecular flexibility index (Phi) is 3.82. The third kappa shape index (κ3) is 2.61. The second kappa shape index (κ2) is 5.48. The first kappa shape index (κ1) is 14.6. The van der Waals surface area contributed by atoms with Gasteiger partial charge in [0.2, 0.25) is 0 Å². The first-order valence-corrected chi connectivity index (χ1v) is 8.10. The number of thiophene rings is 1. The summed E-state index contributed by atoms with van der Waals surface area (Å²) in [6, 6.07) is 5.98. The van der Waals surface area contributed by atoms with Crippen molar-refractivity contribution in [3.8, 4) is 0 Å². The maximum absolute atomic E-state index is 12.7. The first-order chi connectivity index (χ1) is 9.97. The van der Waals surface area contributed by atoms with E-state index in [4.69, 9.17) is 17.3 Å². The van der Waals surface area contributed by atoms with E-state index < -0.39 is 0 Å². The minimum Gasteiger partial charge on any atom is -0.397 e. The Labute approximate surface area is 133 Å². The molecule has 0 saturated carbocycles. The number of hydrogen-bond donors (Lipinski definition) is 1. The van der Waals surface area contributed by atoms with Gasteiger partial charge in [0, 0.05) is 34.2 Å². The van der Waals surface area contributed by atoms with Gasteiger partial charge in [-0.1, -0.05) is 11.6 Å². The third-order valence-corrected chi connectivity index (χ3v) is 5.46. The number of halogens is 1. The van der Waals surface area contributed by atoms with Gasteiger partial charge in [-0.3, -0.25) is 4.79 Å². The Morgan fingerprint density at radius 3 is 2.90 bits per heavy atom. The molecule has 0 radical (unpaired) electrons. The minimum absolute atomic E-state index is 0.0363. The van der Waals surface area contributed by atoms with Crippen LogP contribution in [0.15, 0.2) is 18.2 Å². The number of fused-ring (bicyclic) bond motifs is 1. The highest BCUT2D eigenvalue weighted by Crippen LogP contribution is 2.36. The van der Waals surface area contributed by atoms with Gasteiger partial charge in [-0.2, -0.15) is 0 Å². The van der Waals surface area contributed by atoms with E-state index in [1.54, 1.807) is 6.07 Å². The zero-order valence-corrected chi connectivity index (χ0v) is 13.7. The van der Waals surface area contributed by atoms with Gasteiger partial charge in [-0.15, -0.1) is 11.3 Å². The minimum atomic E-state index is 0.0363. The molecule has 1 amide bonds. The topological polar surface area (TPSA) is 49.6 Å². The van der Waals surface area contributed by atoms with Crippen LogP contribution >= 0.6 is 22.9 Å². The summed E-state index contributed by atoms with van der Waals surface area (Å²) in [5.74, 6) is 0.0363. The fourth-order valence-corrected chi connectivity index (χ4v) is 4.11. The van der Waals surface area contributed by atoms with Gasteiger partial charge in [-0.25, -0.2) is 0 Å². The highest BCUT2D eigenvalue weighted by Gasteiger charge is 2.30. The van der Waals surface area contributed by atoms with Gasteiger partial charge in [0.25, 0.3) is 5.91 Å². The average molecular weight is 324 g/mol. The summed E-state index contributed by atoms with van der Waals surface area (Å²) in [4.78, 5) is 17.4. The summed E-state index contributed by atoms with van der Waals surface area (Å²) in [5.41, 5.74) is 6.74. The van der Waals surface area contributed by atoms with E-state index in [0.29, 0.717) is 21.6 Å². The second-order valence-corrected chi connectivity index (χ2v) is 7.13. The maximum Gasteiger partial charge on any atom is 0.266 e.